The Labute approximate surface area is 166 Å². The van der Waals surface area contributed by atoms with Gasteiger partial charge in [0.15, 0.2) is 5.96 Å². The van der Waals surface area contributed by atoms with E-state index in [1.54, 1.807) is 12.3 Å². The van der Waals surface area contributed by atoms with Crippen molar-refractivity contribution in [3.8, 4) is 0 Å². The highest BCUT2D eigenvalue weighted by molar-refractivity contribution is 14.0. The number of halogens is 2. The molecule has 0 unspecified atom stereocenters. The van der Waals surface area contributed by atoms with E-state index in [9.17, 15) is 4.39 Å². The number of aliphatic imine (C=N–C) groups is 1. The van der Waals surface area contributed by atoms with Crippen LogP contribution in [0.4, 0.5) is 4.39 Å². The number of nitrogens with zero attached hydrogens (tertiary/aromatic N) is 2. The Kier molecular flexibility index (Phi) is 10.1. The van der Waals surface area contributed by atoms with Gasteiger partial charge in [0.25, 0.3) is 0 Å². The molecular weight excluding hydrogens is 430 g/mol. The molecule has 0 radical (unpaired) electrons. The van der Waals surface area contributed by atoms with Gasteiger partial charge < -0.3 is 10.6 Å². The first-order valence-corrected chi connectivity index (χ1v) is 8.35. The summed E-state index contributed by atoms with van der Waals surface area (Å²) in [4.78, 5) is 8.70. The number of hydrogen-bond donors (Lipinski definition) is 2. The average Bonchev–Trinajstić information content (AvgIpc) is 2.58. The van der Waals surface area contributed by atoms with E-state index in [1.807, 2.05) is 32.2 Å². The van der Waals surface area contributed by atoms with Crippen LogP contribution in [0.15, 0.2) is 47.7 Å². The minimum Gasteiger partial charge on any atom is -0.357 e. The molecule has 25 heavy (non-hydrogen) atoms. The summed E-state index contributed by atoms with van der Waals surface area (Å²) >= 11 is 0. The third-order valence-electron chi connectivity index (χ3n) is 3.73. The lowest BCUT2D eigenvalue weighted by atomic mass is 10.1. The van der Waals surface area contributed by atoms with Gasteiger partial charge in [-0.2, -0.15) is 0 Å². The van der Waals surface area contributed by atoms with Gasteiger partial charge in [0, 0.05) is 32.0 Å². The van der Waals surface area contributed by atoms with E-state index in [0.717, 1.165) is 43.0 Å². The number of rotatable bonds is 7. The minimum absolute atomic E-state index is 0. The summed E-state index contributed by atoms with van der Waals surface area (Å²) in [6.45, 7) is 6.25. The molecule has 6 heteroatoms. The van der Waals surface area contributed by atoms with Crippen LogP contribution in [0.5, 0.6) is 0 Å². The Bertz CT molecular complexity index is 662. The molecule has 1 aromatic carbocycles. The Morgan fingerprint density at radius 3 is 2.72 bits per heavy atom. The molecule has 0 fully saturated rings. The highest BCUT2D eigenvalue weighted by Crippen LogP contribution is 2.10. The van der Waals surface area contributed by atoms with Gasteiger partial charge in [0.1, 0.15) is 5.82 Å². The van der Waals surface area contributed by atoms with Gasteiger partial charge in [-0.15, -0.1) is 24.0 Å². The summed E-state index contributed by atoms with van der Waals surface area (Å²) in [6.07, 6.45) is 5.35. The van der Waals surface area contributed by atoms with Crippen LogP contribution in [0, 0.1) is 12.7 Å². The predicted octanol–water partition coefficient (Wildman–Crippen LogP) is 3.49. The van der Waals surface area contributed by atoms with Crippen LogP contribution in [-0.4, -0.2) is 30.6 Å². The fraction of sp³-hybridized carbons (Fsp3) is 0.368. The second-order valence-electron chi connectivity index (χ2n) is 5.62. The van der Waals surface area contributed by atoms with Gasteiger partial charge in [0.2, 0.25) is 0 Å². The van der Waals surface area contributed by atoms with Crippen molar-refractivity contribution in [2.75, 3.05) is 19.6 Å². The van der Waals surface area contributed by atoms with Crippen molar-refractivity contribution in [2.24, 2.45) is 4.99 Å². The summed E-state index contributed by atoms with van der Waals surface area (Å²) in [5.41, 5.74) is 3.30. The third kappa shape index (κ3) is 7.81. The van der Waals surface area contributed by atoms with Gasteiger partial charge in [-0.1, -0.05) is 12.1 Å². The highest BCUT2D eigenvalue weighted by atomic mass is 127. The zero-order valence-corrected chi connectivity index (χ0v) is 17.1. The summed E-state index contributed by atoms with van der Waals surface area (Å²) in [5, 5.41) is 6.57. The molecular formula is C19H26FIN4. The smallest absolute Gasteiger partial charge is 0.191 e. The Morgan fingerprint density at radius 2 is 2.04 bits per heavy atom. The van der Waals surface area contributed by atoms with Gasteiger partial charge in [-0.3, -0.25) is 9.98 Å². The molecule has 0 saturated heterocycles. The van der Waals surface area contributed by atoms with Gasteiger partial charge in [0.05, 0.1) is 0 Å². The van der Waals surface area contributed by atoms with Crippen molar-refractivity contribution < 1.29 is 4.39 Å². The normalized spacial score (nSPS) is 10.9. The SMILES string of the molecule is CCNC(=NCCc1ccc(F)cc1C)NCCc1cccnc1.I. The van der Waals surface area contributed by atoms with Crippen LogP contribution in [0.2, 0.25) is 0 Å². The Hall–Kier alpha value is -1.70. The molecule has 0 aliphatic carbocycles. The van der Waals surface area contributed by atoms with E-state index in [1.165, 1.54) is 11.6 Å². The average molecular weight is 456 g/mol. The molecule has 0 spiro atoms. The van der Waals surface area contributed by atoms with Crippen LogP contribution in [0.3, 0.4) is 0 Å². The van der Waals surface area contributed by atoms with Crippen molar-refractivity contribution in [1.29, 1.82) is 0 Å². The number of aryl methyl sites for hydroxylation is 1. The van der Waals surface area contributed by atoms with E-state index in [2.05, 4.69) is 26.7 Å². The zero-order chi connectivity index (χ0) is 17.2. The molecule has 1 aromatic heterocycles. The van der Waals surface area contributed by atoms with Crippen molar-refractivity contribution in [3.05, 3.63) is 65.2 Å². The van der Waals surface area contributed by atoms with Crippen LogP contribution in [0.25, 0.3) is 0 Å². The molecule has 0 aliphatic rings. The zero-order valence-electron chi connectivity index (χ0n) is 14.8. The van der Waals surface area contributed by atoms with Crippen LogP contribution in [0.1, 0.15) is 23.6 Å². The van der Waals surface area contributed by atoms with Crippen LogP contribution in [-0.2, 0) is 12.8 Å². The summed E-state index contributed by atoms with van der Waals surface area (Å²) in [5.74, 6) is 0.617. The number of nitrogens with one attached hydrogen (secondary N) is 2. The number of benzene rings is 1. The number of pyridine rings is 1. The molecule has 1 heterocycles. The van der Waals surface area contributed by atoms with Gasteiger partial charge >= 0.3 is 0 Å². The maximum absolute atomic E-state index is 13.1. The topological polar surface area (TPSA) is 49.3 Å². The highest BCUT2D eigenvalue weighted by Gasteiger charge is 2.01. The summed E-state index contributed by atoms with van der Waals surface area (Å²) < 4.78 is 13.1. The van der Waals surface area contributed by atoms with E-state index in [-0.39, 0.29) is 29.8 Å². The van der Waals surface area contributed by atoms with Crippen molar-refractivity contribution in [1.82, 2.24) is 15.6 Å². The maximum atomic E-state index is 13.1. The standard InChI is InChI=1S/C19H25FN4.HI/c1-3-22-19(23-11-8-16-5-4-10-21-14-16)24-12-9-17-6-7-18(20)13-15(17)2;/h4-7,10,13-14H,3,8-9,11-12H2,1-2H3,(H2,22,23,24);1H. The predicted molar refractivity (Wildman–Crippen MR) is 112 cm³/mol. The monoisotopic (exact) mass is 456 g/mol. The largest absolute Gasteiger partial charge is 0.357 e. The van der Waals surface area contributed by atoms with Gasteiger partial charge in [-0.25, -0.2) is 4.39 Å². The van der Waals surface area contributed by atoms with Crippen molar-refractivity contribution in [3.63, 3.8) is 0 Å². The fourth-order valence-corrected chi connectivity index (χ4v) is 2.44. The Morgan fingerprint density at radius 1 is 1.20 bits per heavy atom. The Balaban J connectivity index is 0.00000312. The summed E-state index contributed by atoms with van der Waals surface area (Å²) in [7, 11) is 0. The maximum Gasteiger partial charge on any atom is 0.191 e. The minimum atomic E-state index is -0.190. The number of hydrogen-bond acceptors (Lipinski definition) is 2. The lowest BCUT2D eigenvalue weighted by Crippen LogP contribution is -2.38. The molecule has 0 bridgehead atoms. The quantitative estimate of drug-likeness (QED) is 0.381. The van der Waals surface area contributed by atoms with E-state index < -0.39 is 0 Å². The molecule has 0 aliphatic heterocycles. The first kappa shape index (κ1) is 21.3. The lowest BCUT2D eigenvalue weighted by molar-refractivity contribution is 0.625. The number of guanidine groups is 1. The van der Waals surface area contributed by atoms with Crippen LogP contribution >= 0.6 is 24.0 Å². The molecule has 136 valence electrons. The molecule has 2 aromatic rings. The molecule has 4 nitrogen and oxygen atoms in total. The van der Waals surface area contributed by atoms with E-state index in [4.69, 9.17) is 0 Å². The van der Waals surface area contributed by atoms with Crippen molar-refractivity contribution >= 4 is 29.9 Å². The summed E-state index contributed by atoms with van der Waals surface area (Å²) in [6, 6.07) is 8.92. The third-order valence-corrected chi connectivity index (χ3v) is 3.73. The fourth-order valence-electron chi connectivity index (χ4n) is 2.44. The molecule has 2 rings (SSSR count). The molecule has 0 atom stereocenters. The first-order chi connectivity index (χ1) is 11.7. The molecule has 0 amide bonds. The molecule has 0 saturated carbocycles. The van der Waals surface area contributed by atoms with Crippen LogP contribution < -0.4 is 10.6 Å². The first-order valence-electron chi connectivity index (χ1n) is 8.35. The second kappa shape index (κ2) is 11.8. The lowest BCUT2D eigenvalue weighted by Gasteiger charge is -2.11. The van der Waals surface area contributed by atoms with Gasteiger partial charge in [-0.05, 0) is 61.6 Å². The molecule has 2 N–H and O–H groups in total. The van der Waals surface area contributed by atoms with E-state index >= 15 is 0 Å². The van der Waals surface area contributed by atoms with Crippen molar-refractivity contribution in [2.45, 2.75) is 26.7 Å². The number of aromatic nitrogens is 1. The second-order valence-corrected chi connectivity index (χ2v) is 5.62. The van der Waals surface area contributed by atoms with E-state index in [0.29, 0.717) is 6.54 Å².